The molecule has 4 rings (SSSR count). The van der Waals surface area contributed by atoms with Gasteiger partial charge in [0.05, 0.1) is 6.26 Å². The molecule has 4 aromatic rings. The number of rotatable bonds is 7. The van der Waals surface area contributed by atoms with Crippen molar-refractivity contribution in [3.63, 3.8) is 0 Å². The van der Waals surface area contributed by atoms with Crippen LogP contribution in [0.3, 0.4) is 0 Å². The van der Waals surface area contributed by atoms with Crippen LogP contribution in [-0.2, 0) is 0 Å². The summed E-state index contributed by atoms with van der Waals surface area (Å²) in [4.78, 5) is 25.0. The first kappa shape index (κ1) is 21.1. The maximum atomic E-state index is 12.9. The van der Waals surface area contributed by atoms with Gasteiger partial charge in [0.2, 0.25) is 0 Å². The summed E-state index contributed by atoms with van der Waals surface area (Å²) in [5.41, 5.74) is 3.39. The number of hydrogen-bond donors (Lipinski definition) is 2. The molecule has 0 spiro atoms. The lowest BCUT2D eigenvalue weighted by Gasteiger charge is -2.26. The van der Waals surface area contributed by atoms with Gasteiger partial charge in [-0.25, -0.2) is 0 Å². The third-order valence-electron chi connectivity index (χ3n) is 5.33. The predicted molar refractivity (Wildman–Crippen MR) is 125 cm³/mol. The molecule has 0 aliphatic rings. The SMILES string of the molecule is CC(NC(=O)c1ccc(NC(=O)c2ccco2)cc1)C(c1ccccc1)c1ccccc1. The normalized spacial score (nSPS) is 11.7. The van der Waals surface area contributed by atoms with E-state index in [1.165, 1.54) is 6.26 Å². The summed E-state index contributed by atoms with van der Waals surface area (Å²) in [6, 6.07) is 30.2. The number of carbonyl (C=O) groups excluding carboxylic acids is 2. The summed E-state index contributed by atoms with van der Waals surface area (Å²) in [5, 5.41) is 5.88. The largest absolute Gasteiger partial charge is 0.459 e. The van der Waals surface area contributed by atoms with Crippen LogP contribution in [0.5, 0.6) is 0 Å². The molecule has 0 saturated heterocycles. The fraction of sp³-hybridized carbons (Fsp3) is 0.111. The summed E-state index contributed by atoms with van der Waals surface area (Å²) in [6.45, 7) is 2.01. The highest BCUT2D eigenvalue weighted by Gasteiger charge is 2.23. The lowest BCUT2D eigenvalue weighted by Crippen LogP contribution is -2.37. The molecule has 5 heteroatoms. The van der Waals surface area contributed by atoms with E-state index in [-0.39, 0.29) is 29.5 Å². The Labute approximate surface area is 187 Å². The van der Waals surface area contributed by atoms with Gasteiger partial charge >= 0.3 is 0 Å². The molecule has 160 valence electrons. The number of carbonyl (C=O) groups is 2. The number of amides is 2. The molecule has 0 radical (unpaired) electrons. The average Bonchev–Trinajstić information content (AvgIpc) is 3.36. The molecule has 0 aliphatic carbocycles. The van der Waals surface area contributed by atoms with Gasteiger partial charge in [0.1, 0.15) is 0 Å². The minimum absolute atomic E-state index is 0.0215. The molecule has 0 aliphatic heterocycles. The zero-order chi connectivity index (χ0) is 22.3. The molecule has 1 unspecified atom stereocenters. The molecule has 1 heterocycles. The minimum atomic E-state index is -0.339. The number of benzene rings is 3. The maximum absolute atomic E-state index is 12.9. The molecule has 2 amide bonds. The van der Waals surface area contributed by atoms with Gasteiger partial charge < -0.3 is 15.1 Å². The molecule has 5 nitrogen and oxygen atoms in total. The molecular formula is C27H24N2O3. The fourth-order valence-electron chi connectivity index (χ4n) is 3.77. The third kappa shape index (κ3) is 4.95. The second kappa shape index (κ2) is 9.79. The minimum Gasteiger partial charge on any atom is -0.459 e. The van der Waals surface area contributed by atoms with E-state index in [2.05, 4.69) is 34.9 Å². The van der Waals surface area contributed by atoms with Crippen LogP contribution < -0.4 is 10.6 Å². The second-order valence-electron chi connectivity index (χ2n) is 7.57. The molecule has 1 atom stereocenters. The summed E-state index contributed by atoms with van der Waals surface area (Å²) >= 11 is 0. The molecule has 0 saturated carbocycles. The van der Waals surface area contributed by atoms with E-state index in [0.29, 0.717) is 11.3 Å². The van der Waals surface area contributed by atoms with Crippen LogP contribution in [0.1, 0.15) is 44.9 Å². The average molecular weight is 425 g/mol. The quantitative estimate of drug-likeness (QED) is 0.413. The van der Waals surface area contributed by atoms with Crippen LogP contribution in [0.2, 0.25) is 0 Å². The van der Waals surface area contributed by atoms with Crippen molar-refractivity contribution in [2.45, 2.75) is 18.9 Å². The van der Waals surface area contributed by atoms with Crippen LogP contribution >= 0.6 is 0 Å². The lowest BCUT2D eigenvalue weighted by molar-refractivity contribution is 0.0936. The van der Waals surface area contributed by atoms with E-state index in [1.807, 2.05) is 43.3 Å². The van der Waals surface area contributed by atoms with E-state index in [4.69, 9.17) is 4.42 Å². The number of hydrogen-bond acceptors (Lipinski definition) is 3. The Morgan fingerprint density at radius 3 is 1.84 bits per heavy atom. The van der Waals surface area contributed by atoms with Crippen molar-refractivity contribution < 1.29 is 14.0 Å². The van der Waals surface area contributed by atoms with Crippen LogP contribution in [0, 0.1) is 0 Å². The summed E-state index contributed by atoms with van der Waals surface area (Å²) < 4.78 is 5.09. The number of anilines is 1. The third-order valence-corrected chi connectivity index (χ3v) is 5.33. The van der Waals surface area contributed by atoms with Gasteiger partial charge in [-0.15, -0.1) is 0 Å². The van der Waals surface area contributed by atoms with Crippen molar-refractivity contribution in [2.75, 3.05) is 5.32 Å². The van der Waals surface area contributed by atoms with E-state index < -0.39 is 0 Å². The Bertz CT molecular complexity index is 1120. The zero-order valence-corrected chi connectivity index (χ0v) is 17.7. The monoisotopic (exact) mass is 424 g/mol. The van der Waals surface area contributed by atoms with E-state index >= 15 is 0 Å². The van der Waals surface area contributed by atoms with Crippen LogP contribution in [0.4, 0.5) is 5.69 Å². The smallest absolute Gasteiger partial charge is 0.291 e. The Hall–Kier alpha value is -4.12. The highest BCUT2D eigenvalue weighted by atomic mass is 16.3. The summed E-state index contributed by atoms with van der Waals surface area (Å²) in [7, 11) is 0. The first-order chi connectivity index (χ1) is 15.6. The molecule has 0 bridgehead atoms. The van der Waals surface area contributed by atoms with Crippen molar-refractivity contribution in [1.82, 2.24) is 5.32 Å². The van der Waals surface area contributed by atoms with Crippen LogP contribution in [0.25, 0.3) is 0 Å². The van der Waals surface area contributed by atoms with E-state index in [0.717, 1.165) is 11.1 Å². The van der Waals surface area contributed by atoms with Crippen LogP contribution in [0.15, 0.2) is 108 Å². The molecule has 2 N–H and O–H groups in total. The molecule has 1 aromatic heterocycles. The van der Waals surface area contributed by atoms with Gasteiger partial charge in [-0.3, -0.25) is 9.59 Å². The lowest BCUT2D eigenvalue weighted by atomic mass is 9.85. The van der Waals surface area contributed by atoms with Crippen LogP contribution in [-0.4, -0.2) is 17.9 Å². The molecule has 3 aromatic carbocycles. The molecule has 32 heavy (non-hydrogen) atoms. The van der Waals surface area contributed by atoms with Gasteiger partial charge in [-0.05, 0) is 54.4 Å². The Balaban J connectivity index is 1.46. The maximum Gasteiger partial charge on any atom is 0.291 e. The van der Waals surface area contributed by atoms with Gasteiger partial charge in [0.25, 0.3) is 11.8 Å². The first-order valence-corrected chi connectivity index (χ1v) is 10.5. The van der Waals surface area contributed by atoms with Gasteiger partial charge in [-0.2, -0.15) is 0 Å². The summed E-state index contributed by atoms with van der Waals surface area (Å²) in [5.74, 6) is -0.255. The number of furan rings is 1. The van der Waals surface area contributed by atoms with E-state index in [9.17, 15) is 9.59 Å². The highest BCUT2D eigenvalue weighted by Crippen LogP contribution is 2.28. The standard InChI is InChI=1S/C27H24N2O3/c1-19(25(20-9-4-2-5-10-20)21-11-6-3-7-12-21)28-26(30)22-14-16-23(17-15-22)29-27(31)24-13-8-18-32-24/h2-19,25H,1H3,(H,28,30)(H,29,31). The van der Waals surface area contributed by atoms with Crippen molar-refractivity contribution >= 4 is 17.5 Å². The Morgan fingerprint density at radius 2 is 1.31 bits per heavy atom. The van der Waals surface area contributed by atoms with E-state index in [1.54, 1.807) is 36.4 Å². The summed E-state index contributed by atoms with van der Waals surface area (Å²) in [6.07, 6.45) is 1.45. The number of nitrogens with one attached hydrogen (secondary N) is 2. The first-order valence-electron chi connectivity index (χ1n) is 10.5. The molecular weight excluding hydrogens is 400 g/mol. The second-order valence-corrected chi connectivity index (χ2v) is 7.57. The van der Waals surface area contributed by atoms with Crippen molar-refractivity contribution in [2.24, 2.45) is 0 Å². The predicted octanol–water partition coefficient (Wildman–Crippen LogP) is 5.48. The Morgan fingerprint density at radius 1 is 0.719 bits per heavy atom. The topological polar surface area (TPSA) is 71.3 Å². The highest BCUT2D eigenvalue weighted by molar-refractivity contribution is 6.02. The van der Waals surface area contributed by atoms with Gasteiger partial charge in [-0.1, -0.05) is 60.7 Å². The van der Waals surface area contributed by atoms with Crippen molar-refractivity contribution in [3.05, 3.63) is 126 Å². The molecule has 0 fully saturated rings. The van der Waals surface area contributed by atoms with Gasteiger partial charge in [0.15, 0.2) is 5.76 Å². The fourth-order valence-corrected chi connectivity index (χ4v) is 3.77. The Kier molecular flexibility index (Phi) is 6.46. The zero-order valence-electron chi connectivity index (χ0n) is 17.7. The van der Waals surface area contributed by atoms with Crippen molar-refractivity contribution in [1.29, 1.82) is 0 Å². The van der Waals surface area contributed by atoms with Gasteiger partial charge in [0, 0.05) is 23.2 Å². The van der Waals surface area contributed by atoms with Crippen molar-refractivity contribution in [3.8, 4) is 0 Å².